The van der Waals surface area contributed by atoms with Gasteiger partial charge < -0.3 is 0 Å². The van der Waals surface area contributed by atoms with Crippen molar-refractivity contribution < 1.29 is 0 Å². The topological polar surface area (TPSA) is 0 Å². The van der Waals surface area contributed by atoms with Gasteiger partial charge in [-0.3, -0.25) is 0 Å². The lowest BCUT2D eigenvalue weighted by Gasteiger charge is -2.08. The highest BCUT2D eigenvalue weighted by Gasteiger charge is 2.19. The van der Waals surface area contributed by atoms with Crippen LogP contribution in [-0.2, 0) is 12.8 Å². The zero-order valence-electron chi connectivity index (χ0n) is 15.7. The molecule has 0 atom stereocenters. The van der Waals surface area contributed by atoms with E-state index in [0.29, 0.717) is 0 Å². The number of benzene rings is 5. The third-order valence-corrected chi connectivity index (χ3v) is 6.02. The van der Waals surface area contributed by atoms with Crippen LogP contribution in [0.1, 0.15) is 22.3 Å². The summed E-state index contributed by atoms with van der Waals surface area (Å²) in [6.07, 6.45) is 2.03. The third kappa shape index (κ3) is 2.53. The van der Waals surface area contributed by atoms with Gasteiger partial charge in [-0.2, -0.15) is 0 Å². The van der Waals surface area contributed by atoms with Crippen molar-refractivity contribution >= 4 is 21.5 Å². The van der Waals surface area contributed by atoms with Crippen LogP contribution in [0.15, 0.2) is 97.1 Å². The molecule has 0 heterocycles. The standard InChI is InChI=1S/C28H20/c1-2-6-19(7-3-1)12-20-10-11-23-16-26-17-24-14-21-8-4-5-9-22(21)15-25(24)18-28(26)27(23)13-20/h1-11,13-15,17-18H,12,16H2. The van der Waals surface area contributed by atoms with Crippen molar-refractivity contribution in [3.05, 3.63) is 119 Å². The van der Waals surface area contributed by atoms with E-state index in [-0.39, 0.29) is 0 Å². The van der Waals surface area contributed by atoms with E-state index < -0.39 is 0 Å². The first-order chi connectivity index (χ1) is 13.8. The summed E-state index contributed by atoms with van der Waals surface area (Å²) in [6.45, 7) is 0. The summed E-state index contributed by atoms with van der Waals surface area (Å²) in [5.74, 6) is 0. The number of hydrogen-bond acceptors (Lipinski definition) is 0. The molecule has 0 bridgehead atoms. The van der Waals surface area contributed by atoms with Crippen molar-refractivity contribution in [3.8, 4) is 11.1 Å². The Kier molecular flexibility index (Phi) is 3.39. The van der Waals surface area contributed by atoms with Gasteiger partial charge in [-0.15, -0.1) is 0 Å². The zero-order valence-corrected chi connectivity index (χ0v) is 15.7. The summed E-state index contributed by atoms with van der Waals surface area (Å²) in [6, 6.07) is 35.9. The highest BCUT2D eigenvalue weighted by Crippen LogP contribution is 2.40. The van der Waals surface area contributed by atoms with Crippen molar-refractivity contribution in [1.29, 1.82) is 0 Å². The smallest absolute Gasteiger partial charge is 0.00132 e. The molecule has 0 unspecified atom stereocenters. The van der Waals surface area contributed by atoms with Crippen LogP contribution in [0.5, 0.6) is 0 Å². The monoisotopic (exact) mass is 356 g/mol. The molecule has 0 aromatic heterocycles. The fourth-order valence-electron chi connectivity index (χ4n) is 4.61. The molecule has 0 saturated heterocycles. The van der Waals surface area contributed by atoms with Crippen LogP contribution >= 0.6 is 0 Å². The van der Waals surface area contributed by atoms with E-state index in [1.54, 1.807) is 0 Å². The minimum absolute atomic E-state index is 0.988. The van der Waals surface area contributed by atoms with E-state index in [9.17, 15) is 0 Å². The molecule has 0 saturated carbocycles. The second-order valence-corrected chi connectivity index (χ2v) is 7.89. The van der Waals surface area contributed by atoms with Crippen molar-refractivity contribution in [2.24, 2.45) is 0 Å². The van der Waals surface area contributed by atoms with Crippen LogP contribution in [0.3, 0.4) is 0 Å². The molecule has 0 N–H and O–H groups in total. The summed E-state index contributed by atoms with van der Waals surface area (Å²) in [7, 11) is 0. The first-order valence-electron chi connectivity index (χ1n) is 9.95. The molecular weight excluding hydrogens is 336 g/mol. The molecule has 132 valence electrons. The third-order valence-electron chi connectivity index (χ3n) is 6.02. The Balaban J connectivity index is 1.47. The summed E-state index contributed by atoms with van der Waals surface area (Å²) in [5.41, 5.74) is 8.48. The van der Waals surface area contributed by atoms with E-state index in [0.717, 1.165) is 12.8 Å². The van der Waals surface area contributed by atoms with Crippen LogP contribution in [0.4, 0.5) is 0 Å². The highest BCUT2D eigenvalue weighted by atomic mass is 14.2. The molecule has 5 aromatic rings. The summed E-state index contributed by atoms with van der Waals surface area (Å²) in [5, 5.41) is 5.30. The molecule has 28 heavy (non-hydrogen) atoms. The van der Waals surface area contributed by atoms with Gasteiger partial charge in [-0.1, -0.05) is 78.9 Å². The lowest BCUT2D eigenvalue weighted by atomic mass is 9.96. The van der Waals surface area contributed by atoms with E-state index >= 15 is 0 Å². The molecule has 0 spiro atoms. The SMILES string of the molecule is c1ccc(Cc2ccc3c(c2)-c2cc4cc5ccccc5cc4cc2C3)cc1. The van der Waals surface area contributed by atoms with Gasteiger partial charge in [0.15, 0.2) is 0 Å². The van der Waals surface area contributed by atoms with Gasteiger partial charge in [0.25, 0.3) is 0 Å². The van der Waals surface area contributed by atoms with Crippen LogP contribution < -0.4 is 0 Å². The van der Waals surface area contributed by atoms with Gasteiger partial charge in [0, 0.05) is 0 Å². The molecular formula is C28H20. The number of rotatable bonds is 2. The average Bonchev–Trinajstić information content (AvgIpc) is 3.08. The first kappa shape index (κ1) is 15.7. The lowest BCUT2D eigenvalue weighted by Crippen LogP contribution is -1.89. The van der Waals surface area contributed by atoms with Crippen molar-refractivity contribution in [3.63, 3.8) is 0 Å². The molecule has 1 aliphatic rings. The molecule has 0 aliphatic heterocycles. The normalized spacial score (nSPS) is 12.3. The van der Waals surface area contributed by atoms with Gasteiger partial charge in [0.1, 0.15) is 0 Å². The molecule has 0 radical (unpaired) electrons. The average molecular weight is 356 g/mol. The zero-order chi connectivity index (χ0) is 18.5. The van der Waals surface area contributed by atoms with Gasteiger partial charge in [0.05, 0.1) is 0 Å². The second-order valence-electron chi connectivity index (χ2n) is 7.89. The fourth-order valence-corrected chi connectivity index (χ4v) is 4.61. The molecule has 0 heteroatoms. The van der Waals surface area contributed by atoms with Gasteiger partial charge in [-0.25, -0.2) is 0 Å². The van der Waals surface area contributed by atoms with Gasteiger partial charge >= 0.3 is 0 Å². The van der Waals surface area contributed by atoms with E-state index in [1.165, 1.54) is 54.9 Å². The van der Waals surface area contributed by atoms with E-state index in [2.05, 4.69) is 97.1 Å². The van der Waals surface area contributed by atoms with Crippen LogP contribution in [-0.4, -0.2) is 0 Å². The second kappa shape index (κ2) is 6.07. The summed E-state index contributed by atoms with van der Waals surface area (Å²) in [4.78, 5) is 0. The minimum atomic E-state index is 0.988. The lowest BCUT2D eigenvalue weighted by molar-refractivity contribution is 1.18. The quantitative estimate of drug-likeness (QED) is 0.289. The molecule has 0 fully saturated rings. The van der Waals surface area contributed by atoms with E-state index in [4.69, 9.17) is 0 Å². The number of fused-ring (bicyclic) bond motifs is 5. The highest BCUT2D eigenvalue weighted by molar-refractivity contribution is 6.01. The summed E-state index contributed by atoms with van der Waals surface area (Å²) >= 11 is 0. The summed E-state index contributed by atoms with van der Waals surface area (Å²) < 4.78 is 0. The largest absolute Gasteiger partial charge is 0.0622 e. The Morgan fingerprint density at radius 3 is 1.93 bits per heavy atom. The van der Waals surface area contributed by atoms with Gasteiger partial charge in [-0.05, 0) is 86.0 Å². The van der Waals surface area contributed by atoms with Gasteiger partial charge in [0.2, 0.25) is 0 Å². The van der Waals surface area contributed by atoms with Crippen LogP contribution in [0.2, 0.25) is 0 Å². The molecule has 6 rings (SSSR count). The van der Waals surface area contributed by atoms with E-state index in [1.807, 2.05) is 0 Å². The predicted molar refractivity (Wildman–Crippen MR) is 119 cm³/mol. The van der Waals surface area contributed by atoms with Crippen molar-refractivity contribution in [1.82, 2.24) is 0 Å². The van der Waals surface area contributed by atoms with Crippen molar-refractivity contribution in [2.45, 2.75) is 12.8 Å². The van der Waals surface area contributed by atoms with Crippen LogP contribution in [0, 0.1) is 0 Å². The maximum Gasteiger partial charge on any atom is -0.00132 e. The number of hydrogen-bond donors (Lipinski definition) is 0. The fraction of sp³-hybridized carbons (Fsp3) is 0.0714. The van der Waals surface area contributed by atoms with Crippen molar-refractivity contribution in [2.75, 3.05) is 0 Å². The Bertz CT molecular complexity index is 1340. The Morgan fingerprint density at radius 1 is 0.464 bits per heavy atom. The molecule has 1 aliphatic carbocycles. The molecule has 5 aromatic carbocycles. The van der Waals surface area contributed by atoms with Crippen LogP contribution in [0.25, 0.3) is 32.7 Å². The molecule has 0 amide bonds. The minimum Gasteiger partial charge on any atom is -0.0622 e. The maximum atomic E-state index is 2.40. The Morgan fingerprint density at radius 2 is 1.14 bits per heavy atom. The molecule has 0 nitrogen and oxygen atoms in total. The Hall–Kier alpha value is -3.38. The maximum absolute atomic E-state index is 2.40. The Labute approximate surface area is 165 Å². The predicted octanol–water partition coefficient (Wildman–Crippen LogP) is 7.16. The first-order valence-corrected chi connectivity index (χ1v) is 9.95.